The molecule has 4 nitrogen and oxygen atoms in total. The van der Waals surface area contributed by atoms with Crippen LogP contribution in [0, 0.1) is 5.82 Å². The Labute approximate surface area is 170 Å². The number of carbonyl (C=O) groups is 2. The fraction of sp³-hybridized carbons (Fsp3) is 0.364. The lowest BCUT2D eigenvalue weighted by Crippen LogP contribution is -2.49. The molecule has 0 saturated carbocycles. The van der Waals surface area contributed by atoms with Crippen LogP contribution in [0.15, 0.2) is 54.6 Å². The first kappa shape index (κ1) is 22.0. The van der Waals surface area contributed by atoms with Crippen LogP contribution in [-0.2, 0) is 21.9 Å². The van der Waals surface area contributed by atoms with Crippen LogP contribution < -0.4 is 5.32 Å². The van der Waals surface area contributed by atoms with Crippen LogP contribution in [0.4, 0.5) is 4.39 Å². The molecule has 0 aliphatic heterocycles. The third-order valence-corrected chi connectivity index (χ3v) is 5.20. The van der Waals surface area contributed by atoms with Crippen LogP contribution in [0.1, 0.15) is 31.9 Å². The zero-order valence-electron chi connectivity index (χ0n) is 16.5. The smallest absolute Gasteiger partial charge is 0.242 e. The van der Waals surface area contributed by atoms with Gasteiger partial charge in [0.25, 0.3) is 0 Å². The molecule has 0 aliphatic carbocycles. The van der Waals surface area contributed by atoms with Gasteiger partial charge in [0.1, 0.15) is 11.9 Å². The number of amides is 2. The first-order valence-electron chi connectivity index (χ1n) is 9.33. The van der Waals surface area contributed by atoms with Crippen molar-refractivity contribution in [3.05, 3.63) is 71.5 Å². The van der Waals surface area contributed by atoms with Gasteiger partial charge in [-0.2, -0.15) is 0 Å². The van der Waals surface area contributed by atoms with Gasteiger partial charge in [0.05, 0.1) is 5.75 Å². The molecule has 0 radical (unpaired) electrons. The zero-order chi connectivity index (χ0) is 20.5. The van der Waals surface area contributed by atoms with Crippen molar-refractivity contribution in [2.24, 2.45) is 0 Å². The van der Waals surface area contributed by atoms with Crippen LogP contribution in [0.5, 0.6) is 0 Å². The molecule has 28 heavy (non-hydrogen) atoms. The minimum absolute atomic E-state index is 0.000872. The summed E-state index contributed by atoms with van der Waals surface area (Å²) in [5.74, 6) is -0.00629. The molecule has 150 valence electrons. The van der Waals surface area contributed by atoms with E-state index in [0.29, 0.717) is 17.9 Å². The summed E-state index contributed by atoms with van der Waals surface area (Å²) in [4.78, 5) is 26.9. The third kappa shape index (κ3) is 6.68. The van der Waals surface area contributed by atoms with Crippen molar-refractivity contribution in [3.63, 3.8) is 0 Å². The summed E-state index contributed by atoms with van der Waals surface area (Å²) in [6, 6.07) is 15.5. The van der Waals surface area contributed by atoms with Crippen molar-refractivity contribution < 1.29 is 14.0 Å². The molecule has 2 aromatic rings. The highest BCUT2D eigenvalue weighted by Gasteiger charge is 2.26. The van der Waals surface area contributed by atoms with Crippen molar-refractivity contribution >= 4 is 23.6 Å². The first-order chi connectivity index (χ1) is 13.4. The Balaban J connectivity index is 2.05. The third-order valence-electron chi connectivity index (χ3n) is 4.23. The van der Waals surface area contributed by atoms with Crippen LogP contribution in [-0.4, -0.2) is 34.6 Å². The molecule has 0 unspecified atom stereocenters. The Morgan fingerprint density at radius 2 is 1.68 bits per heavy atom. The molecule has 6 heteroatoms. The van der Waals surface area contributed by atoms with Gasteiger partial charge in [0.15, 0.2) is 0 Å². The summed E-state index contributed by atoms with van der Waals surface area (Å²) in [7, 11) is 0. The molecule has 0 fully saturated rings. The van der Waals surface area contributed by atoms with Crippen molar-refractivity contribution in [2.45, 2.75) is 45.2 Å². The van der Waals surface area contributed by atoms with Gasteiger partial charge < -0.3 is 10.2 Å². The number of hydrogen-bond acceptors (Lipinski definition) is 3. The molecule has 0 aromatic heterocycles. The summed E-state index contributed by atoms with van der Waals surface area (Å²) in [6.07, 6.45) is 0. The van der Waals surface area contributed by atoms with Gasteiger partial charge in [-0.1, -0.05) is 48.5 Å². The number of halogens is 1. The molecule has 2 rings (SSSR count). The number of hydrogen-bond donors (Lipinski definition) is 1. The van der Waals surface area contributed by atoms with Crippen LogP contribution in [0.3, 0.4) is 0 Å². The van der Waals surface area contributed by atoms with Gasteiger partial charge in [-0.3, -0.25) is 9.59 Å². The lowest BCUT2D eigenvalue weighted by Gasteiger charge is -2.29. The van der Waals surface area contributed by atoms with Gasteiger partial charge in [-0.05, 0) is 38.0 Å². The Bertz CT molecular complexity index is 783. The molecule has 0 heterocycles. The average molecular weight is 403 g/mol. The predicted octanol–water partition coefficient (Wildman–Crippen LogP) is 4.00. The van der Waals surface area contributed by atoms with Gasteiger partial charge in [-0.25, -0.2) is 4.39 Å². The second kappa shape index (κ2) is 10.9. The molecule has 0 aliphatic rings. The van der Waals surface area contributed by atoms with E-state index in [4.69, 9.17) is 0 Å². The Morgan fingerprint density at radius 1 is 1.04 bits per heavy atom. The fourth-order valence-electron chi connectivity index (χ4n) is 2.71. The quantitative estimate of drug-likeness (QED) is 0.690. The second-order valence-corrected chi connectivity index (χ2v) is 7.92. The van der Waals surface area contributed by atoms with E-state index >= 15 is 0 Å². The van der Waals surface area contributed by atoms with Gasteiger partial charge >= 0.3 is 0 Å². The summed E-state index contributed by atoms with van der Waals surface area (Å²) in [5.41, 5.74) is 1.53. The van der Waals surface area contributed by atoms with E-state index in [1.165, 1.54) is 17.8 Å². The highest BCUT2D eigenvalue weighted by molar-refractivity contribution is 7.99. The van der Waals surface area contributed by atoms with Crippen LogP contribution in [0.2, 0.25) is 0 Å². The van der Waals surface area contributed by atoms with Crippen molar-refractivity contribution in [3.8, 4) is 0 Å². The maximum atomic E-state index is 13.8. The largest absolute Gasteiger partial charge is 0.352 e. The standard InChI is InChI=1S/C22H27FN2O2S/c1-16(2)24-22(27)17(3)25(13-18-9-5-4-6-10-18)21(26)15-28-14-19-11-7-8-12-20(19)23/h4-12,16-17H,13-15H2,1-3H3,(H,24,27)/t17-/m1/s1. The lowest BCUT2D eigenvalue weighted by atomic mass is 10.1. The van der Waals surface area contributed by atoms with E-state index in [1.54, 1.807) is 30.0 Å². The summed E-state index contributed by atoms with van der Waals surface area (Å²) >= 11 is 1.35. The Hall–Kier alpha value is -2.34. The van der Waals surface area contributed by atoms with Crippen molar-refractivity contribution in [1.29, 1.82) is 0 Å². The van der Waals surface area contributed by atoms with E-state index in [9.17, 15) is 14.0 Å². The van der Waals surface area contributed by atoms with Crippen LogP contribution >= 0.6 is 11.8 Å². The monoisotopic (exact) mass is 402 g/mol. The Morgan fingerprint density at radius 3 is 2.32 bits per heavy atom. The number of nitrogens with one attached hydrogen (secondary N) is 1. The molecule has 0 saturated heterocycles. The van der Waals surface area contributed by atoms with E-state index in [0.717, 1.165) is 5.56 Å². The summed E-state index contributed by atoms with van der Waals surface area (Å²) < 4.78 is 13.8. The average Bonchev–Trinajstić information content (AvgIpc) is 2.67. The first-order valence-corrected chi connectivity index (χ1v) is 10.5. The molecule has 0 spiro atoms. The lowest BCUT2D eigenvalue weighted by molar-refractivity contribution is -0.138. The SMILES string of the molecule is CC(C)NC(=O)[C@@H](C)N(Cc1ccccc1)C(=O)CSCc1ccccc1F. The molecular weight excluding hydrogens is 375 g/mol. The number of nitrogens with zero attached hydrogens (tertiary/aromatic N) is 1. The normalized spacial score (nSPS) is 11.9. The molecule has 2 aromatic carbocycles. The highest BCUT2D eigenvalue weighted by Crippen LogP contribution is 2.17. The molecule has 1 atom stereocenters. The van der Waals surface area contributed by atoms with Gasteiger partial charge in [0, 0.05) is 18.3 Å². The zero-order valence-corrected chi connectivity index (χ0v) is 17.3. The highest BCUT2D eigenvalue weighted by atomic mass is 32.2. The van der Waals surface area contributed by atoms with Gasteiger partial charge in [0.2, 0.25) is 11.8 Å². The van der Waals surface area contributed by atoms with Crippen molar-refractivity contribution in [2.75, 3.05) is 5.75 Å². The van der Waals surface area contributed by atoms with Gasteiger partial charge in [-0.15, -0.1) is 11.8 Å². The summed E-state index contributed by atoms with van der Waals surface area (Å²) in [5, 5.41) is 2.86. The Kier molecular flexibility index (Phi) is 8.51. The van der Waals surface area contributed by atoms with E-state index in [-0.39, 0.29) is 29.4 Å². The number of benzene rings is 2. The second-order valence-electron chi connectivity index (χ2n) is 6.93. The molecule has 2 amide bonds. The van der Waals surface area contributed by atoms with Crippen LogP contribution in [0.25, 0.3) is 0 Å². The van der Waals surface area contributed by atoms with E-state index < -0.39 is 6.04 Å². The topological polar surface area (TPSA) is 49.4 Å². The predicted molar refractivity (Wildman–Crippen MR) is 112 cm³/mol. The molecular formula is C22H27FN2O2S. The number of thioether (sulfide) groups is 1. The van der Waals surface area contributed by atoms with Crippen molar-refractivity contribution in [1.82, 2.24) is 10.2 Å². The molecule has 1 N–H and O–H groups in total. The maximum absolute atomic E-state index is 13.8. The summed E-state index contributed by atoms with van der Waals surface area (Å²) in [6.45, 7) is 5.86. The maximum Gasteiger partial charge on any atom is 0.242 e. The molecule has 0 bridgehead atoms. The van der Waals surface area contributed by atoms with E-state index in [2.05, 4.69) is 5.32 Å². The minimum atomic E-state index is -0.593. The number of rotatable bonds is 9. The minimum Gasteiger partial charge on any atom is -0.352 e. The van der Waals surface area contributed by atoms with E-state index in [1.807, 2.05) is 44.2 Å². The number of carbonyl (C=O) groups excluding carboxylic acids is 2. The fourth-order valence-corrected chi connectivity index (χ4v) is 3.61.